The van der Waals surface area contributed by atoms with Crippen molar-refractivity contribution in [1.29, 1.82) is 0 Å². The summed E-state index contributed by atoms with van der Waals surface area (Å²) < 4.78 is 18.7. The van der Waals surface area contributed by atoms with Gasteiger partial charge in [-0.05, 0) is 13.8 Å². The Balaban J connectivity index is 2.50. The molecule has 1 aromatic heterocycles. The Morgan fingerprint density at radius 2 is 2.00 bits per heavy atom. The number of fused-ring (bicyclic) bond motifs is 1. The molecule has 1 aliphatic heterocycles. The van der Waals surface area contributed by atoms with Crippen molar-refractivity contribution in [2.45, 2.75) is 46.7 Å². The van der Waals surface area contributed by atoms with Crippen LogP contribution in [0.25, 0.3) is 0 Å². The van der Waals surface area contributed by atoms with Gasteiger partial charge in [0, 0.05) is 19.4 Å². The number of rotatable bonds is 1. The number of aryl methyl sites for hydroxylation is 1. The summed E-state index contributed by atoms with van der Waals surface area (Å²) in [5.41, 5.74) is 2.75. The van der Waals surface area contributed by atoms with Crippen LogP contribution in [0.2, 0.25) is 0 Å². The van der Waals surface area contributed by atoms with Crippen LogP contribution in [-0.4, -0.2) is 11.8 Å². The molecule has 0 radical (unpaired) electrons. The molecule has 104 valence electrons. The van der Waals surface area contributed by atoms with Crippen LogP contribution in [0.15, 0.2) is 6.20 Å². The van der Waals surface area contributed by atoms with E-state index in [1.165, 1.54) is 6.92 Å². The molecule has 1 aromatic rings. The van der Waals surface area contributed by atoms with E-state index < -0.39 is 5.79 Å². The number of pyridine rings is 1. The smallest absolute Gasteiger partial charge is 0.308 e. The molecule has 0 bridgehead atoms. The van der Waals surface area contributed by atoms with Crippen molar-refractivity contribution in [3.05, 3.63) is 23.0 Å². The third-order valence-electron chi connectivity index (χ3n) is 3.25. The van der Waals surface area contributed by atoms with E-state index in [0.29, 0.717) is 19.0 Å². The Hall–Kier alpha value is -1.46. The molecule has 19 heavy (non-hydrogen) atoms. The molecule has 2 heterocycles. The minimum atomic E-state index is -0.640. The maximum Gasteiger partial charge on any atom is 0.308 e. The van der Waals surface area contributed by atoms with Gasteiger partial charge in [0.2, 0.25) is 11.4 Å². The number of ether oxygens (including phenoxy) is 3. The van der Waals surface area contributed by atoms with Gasteiger partial charge in [-0.25, -0.2) is 4.57 Å². The third-order valence-corrected chi connectivity index (χ3v) is 3.25. The highest BCUT2D eigenvalue weighted by Gasteiger charge is 2.30. The Morgan fingerprint density at radius 3 is 2.63 bits per heavy atom. The normalized spacial score (nSPS) is 17.5. The van der Waals surface area contributed by atoms with Gasteiger partial charge >= 0.3 is 5.97 Å². The maximum atomic E-state index is 11.3. The van der Waals surface area contributed by atoms with Crippen molar-refractivity contribution in [3.63, 3.8) is 0 Å². The molecule has 0 unspecified atom stereocenters. The van der Waals surface area contributed by atoms with Gasteiger partial charge in [0.15, 0.2) is 12.0 Å². The summed E-state index contributed by atoms with van der Waals surface area (Å²) in [6.07, 6.45) is 1.99. The van der Waals surface area contributed by atoms with Gasteiger partial charge in [0.1, 0.15) is 7.05 Å². The van der Waals surface area contributed by atoms with E-state index in [4.69, 9.17) is 14.2 Å². The van der Waals surface area contributed by atoms with E-state index in [1.807, 2.05) is 38.6 Å². The van der Waals surface area contributed by atoms with Crippen molar-refractivity contribution < 1.29 is 23.6 Å². The summed E-state index contributed by atoms with van der Waals surface area (Å²) >= 11 is 0. The molecular formula is C14H20NO4+. The molecule has 1 aliphatic rings. The number of carbonyl (C=O) groups excluding carboxylic acids is 1. The van der Waals surface area contributed by atoms with E-state index in [9.17, 15) is 4.79 Å². The van der Waals surface area contributed by atoms with Gasteiger partial charge in [-0.2, -0.15) is 0 Å². The van der Waals surface area contributed by atoms with E-state index in [1.54, 1.807) is 0 Å². The van der Waals surface area contributed by atoms with E-state index in [2.05, 4.69) is 0 Å². The fourth-order valence-electron chi connectivity index (χ4n) is 2.03. The molecule has 0 N–H and O–H groups in total. The Kier molecular flexibility index (Phi) is 3.60. The Morgan fingerprint density at radius 1 is 1.37 bits per heavy atom. The highest BCUT2D eigenvalue weighted by Crippen LogP contribution is 2.31. The topological polar surface area (TPSA) is 48.6 Å². The molecular weight excluding hydrogens is 246 g/mol. The first kappa shape index (κ1) is 14.0. The SMILES string of the molecule is CC(=O)Oc1c2c(c[n+](C)c1C)COC(C)(C)OC2. The van der Waals surface area contributed by atoms with Crippen LogP contribution in [0.5, 0.6) is 5.75 Å². The summed E-state index contributed by atoms with van der Waals surface area (Å²) in [5, 5.41) is 0. The zero-order valence-corrected chi connectivity index (χ0v) is 12.1. The first-order valence-electron chi connectivity index (χ1n) is 6.27. The van der Waals surface area contributed by atoms with Crippen LogP contribution in [0, 0.1) is 6.92 Å². The van der Waals surface area contributed by atoms with Gasteiger partial charge in [-0.3, -0.25) is 4.79 Å². The lowest BCUT2D eigenvalue weighted by molar-refractivity contribution is -0.678. The molecule has 0 fully saturated rings. The third kappa shape index (κ3) is 2.93. The lowest BCUT2D eigenvalue weighted by Crippen LogP contribution is -2.34. The van der Waals surface area contributed by atoms with Crippen LogP contribution >= 0.6 is 0 Å². The first-order valence-corrected chi connectivity index (χ1v) is 6.27. The van der Waals surface area contributed by atoms with Crippen molar-refractivity contribution in [2.24, 2.45) is 7.05 Å². The number of hydrogen-bond acceptors (Lipinski definition) is 4. The number of nitrogens with zero attached hydrogens (tertiary/aromatic N) is 1. The van der Waals surface area contributed by atoms with Crippen molar-refractivity contribution in [2.75, 3.05) is 0 Å². The lowest BCUT2D eigenvalue weighted by atomic mass is 10.1. The fourth-order valence-corrected chi connectivity index (χ4v) is 2.03. The van der Waals surface area contributed by atoms with Crippen LogP contribution in [0.4, 0.5) is 0 Å². The number of hydrogen-bond donors (Lipinski definition) is 0. The largest absolute Gasteiger partial charge is 0.420 e. The number of carbonyl (C=O) groups is 1. The van der Waals surface area contributed by atoms with Crippen LogP contribution in [-0.2, 0) is 34.5 Å². The van der Waals surface area contributed by atoms with Crippen molar-refractivity contribution >= 4 is 5.97 Å². The minimum absolute atomic E-state index is 0.332. The zero-order chi connectivity index (χ0) is 14.2. The van der Waals surface area contributed by atoms with Crippen molar-refractivity contribution in [1.82, 2.24) is 0 Å². The summed E-state index contributed by atoms with van der Waals surface area (Å²) in [6.45, 7) is 7.86. The molecule has 0 aliphatic carbocycles. The number of esters is 1. The predicted octanol–water partition coefficient (Wildman–Crippen LogP) is 1.53. The van der Waals surface area contributed by atoms with Gasteiger partial charge in [0.05, 0.1) is 18.8 Å². The molecule has 0 spiro atoms. The average molecular weight is 266 g/mol. The summed E-state index contributed by atoms with van der Waals surface area (Å²) in [7, 11) is 1.92. The molecule has 0 atom stereocenters. The molecule has 2 rings (SSSR count). The zero-order valence-electron chi connectivity index (χ0n) is 12.1. The minimum Gasteiger partial charge on any atom is -0.420 e. The van der Waals surface area contributed by atoms with E-state index >= 15 is 0 Å². The fraction of sp³-hybridized carbons (Fsp3) is 0.571. The first-order chi connectivity index (χ1) is 8.80. The highest BCUT2D eigenvalue weighted by molar-refractivity contribution is 5.70. The van der Waals surface area contributed by atoms with Crippen LogP contribution < -0.4 is 9.30 Å². The van der Waals surface area contributed by atoms with Crippen LogP contribution in [0.1, 0.15) is 37.6 Å². The van der Waals surface area contributed by atoms with Gasteiger partial charge in [-0.1, -0.05) is 0 Å². The van der Waals surface area contributed by atoms with E-state index in [-0.39, 0.29) is 5.97 Å². The Bertz CT molecular complexity index is 523. The van der Waals surface area contributed by atoms with Gasteiger partial charge in [0.25, 0.3) is 0 Å². The number of aromatic nitrogens is 1. The highest BCUT2D eigenvalue weighted by atomic mass is 16.7. The summed E-state index contributed by atoms with van der Waals surface area (Å²) in [6, 6.07) is 0. The monoisotopic (exact) mass is 266 g/mol. The van der Waals surface area contributed by atoms with Gasteiger partial charge < -0.3 is 14.2 Å². The van der Waals surface area contributed by atoms with E-state index in [0.717, 1.165) is 16.8 Å². The standard InChI is InChI=1S/C14H20NO4/c1-9-13(19-10(2)16)12-8-18-14(3,4)17-7-11(12)6-15(9)5/h6H,7-8H2,1-5H3/q+1. The molecule has 5 nitrogen and oxygen atoms in total. The molecule has 0 aromatic carbocycles. The summed E-state index contributed by atoms with van der Waals surface area (Å²) in [5.74, 6) is -0.395. The maximum absolute atomic E-state index is 11.3. The summed E-state index contributed by atoms with van der Waals surface area (Å²) in [4.78, 5) is 11.3. The molecule has 0 saturated carbocycles. The molecule has 0 amide bonds. The molecule has 0 saturated heterocycles. The van der Waals surface area contributed by atoms with Crippen molar-refractivity contribution in [3.8, 4) is 5.75 Å². The second kappa shape index (κ2) is 4.90. The van der Waals surface area contributed by atoms with Crippen LogP contribution in [0.3, 0.4) is 0 Å². The predicted molar refractivity (Wildman–Crippen MR) is 67.3 cm³/mol. The quantitative estimate of drug-likeness (QED) is 0.571. The molecule has 5 heteroatoms. The Labute approximate surface area is 113 Å². The average Bonchev–Trinajstić information content (AvgIpc) is 2.44. The lowest BCUT2D eigenvalue weighted by Gasteiger charge is -2.22. The van der Waals surface area contributed by atoms with Gasteiger partial charge in [-0.15, -0.1) is 0 Å². The second-order valence-electron chi connectivity index (χ2n) is 5.23. The second-order valence-corrected chi connectivity index (χ2v) is 5.23.